The summed E-state index contributed by atoms with van der Waals surface area (Å²) in [5.41, 5.74) is 1.28. The van der Waals surface area contributed by atoms with Gasteiger partial charge in [0.15, 0.2) is 0 Å². The Hall–Kier alpha value is -0.293. The third-order valence-electron chi connectivity index (χ3n) is 2.30. The van der Waals surface area contributed by atoms with Crippen molar-refractivity contribution in [2.75, 3.05) is 6.54 Å². The molecule has 3 heteroatoms. The van der Waals surface area contributed by atoms with Crippen LogP contribution in [0.4, 0.5) is 0 Å². The monoisotopic (exact) mass is 168 g/mol. The minimum Gasteiger partial charge on any atom is -0.656 e. The summed E-state index contributed by atoms with van der Waals surface area (Å²) in [6, 6.07) is 4.53. The Balaban J connectivity index is 0.000000845. The van der Waals surface area contributed by atoms with Crippen LogP contribution >= 0.6 is 0 Å². The van der Waals surface area contributed by atoms with E-state index in [1.807, 2.05) is 18.5 Å². The molecule has 0 amide bonds. The van der Waals surface area contributed by atoms with E-state index < -0.39 is 0 Å². The molecule has 13 heavy (non-hydrogen) atoms. The second kappa shape index (κ2) is 5.44. The standard InChI is InChI=1S/C10H13N2.Li/c1-2-7-12-10(5-1)9-4-3-6-11-8-9;/h3-4,6,8,10H,1-2,5,7H2;/q-1;+1/t10-;/m0./s1. The third kappa shape index (κ3) is 2.84. The fourth-order valence-electron chi connectivity index (χ4n) is 1.63. The second-order valence-electron chi connectivity index (χ2n) is 3.20. The fourth-order valence-corrected chi connectivity index (χ4v) is 1.63. The van der Waals surface area contributed by atoms with E-state index in [1.54, 1.807) is 0 Å². The summed E-state index contributed by atoms with van der Waals surface area (Å²) < 4.78 is 0. The average molecular weight is 168 g/mol. The van der Waals surface area contributed by atoms with Crippen LogP contribution in [0, 0.1) is 0 Å². The van der Waals surface area contributed by atoms with Crippen LogP contribution in [0.15, 0.2) is 24.5 Å². The first-order valence-corrected chi connectivity index (χ1v) is 4.53. The topological polar surface area (TPSA) is 27.0 Å². The van der Waals surface area contributed by atoms with Gasteiger partial charge in [-0.15, -0.1) is 12.6 Å². The van der Waals surface area contributed by atoms with Gasteiger partial charge in [-0.2, -0.15) is 0 Å². The number of pyridine rings is 1. The number of rotatable bonds is 1. The maximum absolute atomic E-state index is 4.56. The molecular weight excluding hydrogens is 155 g/mol. The van der Waals surface area contributed by atoms with Crippen molar-refractivity contribution in [3.05, 3.63) is 35.4 Å². The number of hydrogen-bond donors (Lipinski definition) is 0. The molecule has 2 rings (SSSR count). The fraction of sp³-hybridized carbons (Fsp3) is 0.500. The molecule has 0 bridgehead atoms. The summed E-state index contributed by atoms with van der Waals surface area (Å²) in [7, 11) is 0. The molecular formula is C10H13LiN2. The van der Waals surface area contributed by atoms with E-state index in [2.05, 4.69) is 16.4 Å². The van der Waals surface area contributed by atoms with Crippen LogP contribution in [0.2, 0.25) is 0 Å². The molecule has 2 heterocycles. The van der Waals surface area contributed by atoms with Crippen LogP contribution in [0.1, 0.15) is 30.9 Å². The maximum Gasteiger partial charge on any atom is 1.00 e. The summed E-state index contributed by atoms with van der Waals surface area (Å²) >= 11 is 0. The number of aromatic nitrogens is 1. The van der Waals surface area contributed by atoms with Gasteiger partial charge < -0.3 is 5.32 Å². The van der Waals surface area contributed by atoms with Crippen molar-refractivity contribution in [2.24, 2.45) is 0 Å². The van der Waals surface area contributed by atoms with Crippen molar-refractivity contribution in [3.63, 3.8) is 0 Å². The Morgan fingerprint density at radius 1 is 1.38 bits per heavy atom. The van der Waals surface area contributed by atoms with Crippen LogP contribution in [-0.2, 0) is 0 Å². The van der Waals surface area contributed by atoms with E-state index in [9.17, 15) is 0 Å². The third-order valence-corrected chi connectivity index (χ3v) is 2.30. The van der Waals surface area contributed by atoms with E-state index in [-0.39, 0.29) is 18.9 Å². The zero-order chi connectivity index (χ0) is 8.23. The number of piperidine rings is 1. The van der Waals surface area contributed by atoms with Gasteiger partial charge in [0.05, 0.1) is 0 Å². The molecule has 1 atom stereocenters. The summed E-state index contributed by atoms with van der Waals surface area (Å²) in [6.45, 7) is 1.03. The Bertz CT molecular complexity index is 232. The first-order chi connectivity index (χ1) is 5.97. The summed E-state index contributed by atoms with van der Waals surface area (Å²) in [4.78, 5) is 4.10. The minimum absolute atomic E-state index is 0. The molecule has 64 valence electrons. The van der Waals surface area contributed by atoms with Crippen LogP contribution in [0.25, 0.3) is 5.32 Å². The predicted molar refractivity (Wildman–Crippen MR) is 49.1 cm³/mol. The predicted octanol–water partition coefficient (Wildman–Crippen LogP) is -0.316. The maximum atomic E-state index is 4.56. The minimum atomic E-state index is 0. The summed E-state index contributed by atoms with van der Waals surface area (Å²) in [5, 5.41) is 4.56. The molecule has 1 saturated heterocycles. The van der Waals surface area contributed by atoms with Crippen LogP contribution in [0.5, 0.6) is 0 Å². The molecule has 0 spiro atoms. The van der Waals surface area contributed by atoms with Gasteiger partial charge in [-0.25, -0.2) is 0 Å². The van der Waals surface area contributed by atoms with Gasteiger partial charge in [-0.05, 0) is 11.6 Å². The molecule has 1 aromatic rings. The molecule has 0 saturated carbocycles. The van der Waals surface area contributed by atoms with E-state index in [4.69, 9.17) is 0 Å². The Kier molecular flexibility index (Phi) is 4.51. The quantitative estimate of drug-likeness (QED) is 0.528. The van der Waals surface area contributed by atoms with Gasteiger partial charge in [0.2, 0.25) is 0 Å². The summed E-state index contributed by atoms with van der Waals surface area (Å²) in [6.07, 6.45) is 7.51. The first-order valence-electron chi connectivity index (χ1n) is 4.53. The van der Waals surface area contributed by atoms with Gasteiger partial charge in [0, 0.05) is 12.4 Å². The molecule has 0 aliphatic carbocycles. The molecule has 1 aromatic heterocycles. The second-order valence-corrected chi connectivity index (χ2v) is 3.20. The van der Waals surface area contributed by atoms with Crippen LogP contribution in [0.3, 0.4) is 0 Å². The van der Waals surface area contributed by atoms with Crippen molar-refractivity contribution in [2.45, 2.75) is 25.3 Å². The van der Waals surface area contributed by atoms with Crippen LogP contribution < -0.4 is 18.9 Å². The van der Waals surface area contributed by atoms with Crippen LogP contribution in [-0.4, -0.2) is 11.5 Å². The van der Waals surface area contributed by atoms with Gasteiger partial charge in [-0.3, -0.25) is 4.98 Å². The molecule has 1 fully saturated rings. The molecule has 0 N–H and O–H groups in total. The van der Waals surface area contributed by atoms with Crippen molar-refractivity contribution in [1.82, 2.24) is 4.98 Å². The van der Waals surface area contributed by atoms with Gasteiger partial charge in [0.25, 0.3) is 0 Å². The normalized spacial score (nSPS) is 22.0. The van der Waals surface area contributed by atoms with E-state index in [0.29, 0.717) is 6.04 Å². The van der Waals surface area contributed by atoms with E-state index in [1.165, 1.54) is 24.8 Å². The van der Waals surface area contributed by atoms with Crippen molar-refractivity contribution < 1.29 is 18.9 Å². The number of hydrogen-bond acceptors (Lipinski definition) is 1. The smallest absolute Gasteiger partial charge is 0.656 e. The largest absolute Gasteiger partial charge is 1.00 e. The Morgan fingerprint density at radius 2 is 2.31 bits per heavy atom. The van der Waals surface area contributed by atoms with Crippen molar-refractivity contribution in [1.29, 1.82) is 0 Å². The molecule has 0 radical (unpaired) electrons. The zero-order valence-electron chi connectivity index (χ0n) is 8.11. The van der Waals surface area contributed by atoms with Crippen molar-refractivity contribution >= 4 is 0 Å². The van der Waals surface area contributed by atoms with Gasteiger partial charge >= 0.3 is 18.9 Å². The Morgan fingerprint density at radius 3 is 2.92 bits per heavy atom. The molecule has 0 aromatic carbocycles. The zero-order valence-corrected chi connectivity index (χ0v) is 8.11. The van der Waals surface area contributed by atoms with Gasteiger partial charge in [-0.1, -0.05) is 25.3 Å². The SMILES string of the molecule is [Li+].c1cncc([C@@H]2CCCC[N-]2)c1. The molecule has 2 nitrogen and oxygen atoms in total. The molecule has 0 unspecified atom stereocenters. The van der Waals surface area contributed by atoms with E-state index >= 15 is 0 Å². The Labute approximate surface area is 91.3 Å². The molecule has 1 aliphatic heterocycles. The average Bonchev–Trinajstić information content (AvgIpc) is 2.21. The first kappa shape index (κ1) is 10.8. The summed E-state index contributed by atoms with van der Waals surface area (Å²) in [5.74, 6) is 0. The van der Waals surface area contributed by atoms with Crippen molar-refractivity contribution in [3.8, 4) is 0 Å². The molecule has 1 aliphatic rings. The van der Waals surface area contributed by atoms with E-state index in [0.717, 1.165) is 6.54 Å². The number of nitrogens with zero attached hydrogens (tertiary/aromatic N) is 2. The van der Waals surface area contributed by atoms with Gasteiger partial charge in [0.1, 0.15) is 0 Å².